The summed E-state index contributed by atoms with van der Waals surface area (Å²) in [5, 5.41) is 5.94. The number of hydrogen-bond donors (Lipinski definition) is 1. The Labute approximate surface area is 144 Å². The second-order valence-electron chi connectivity index (χ2n) is 7.61. The average Bonchev–Trinajstić information content (AvgIpc) is 3.17. The molecule has 1 aliphatic rings. The van der Waals surface area contributed by atoms with Crippen LogP contribution in [0.5, 0.6) is 0 Å². The molecule has 4 aromatic rings. The van der Waals surface area contributed by atoms with E-state index in [0.29, 0.717) is 12.0 Å². The number of Topliss-reactive ketones (excluding diaryl/α,β-unsaturated/α-hetero) is 1. The van der Waals surface area contributed by atoms with E-state index < -0.39 is 0 Å². The van der Waals surface area contributed by atoms with Crippen molar-refractivity contribution in [2.24, 2.45) is 5.41 Å². The summed E-state index contributed by atoms with van der Waals surface area (Å²) in [5.74, 6) is 0.157. The van der Waals surface area contributed by atoms with Gasteiger partial charge in [0.15, 0.2) is 11.4 Å². The van der Waals surface area contributed by atoms with E-state index in [4.69, 9.17) is 5.10 Å². The zero-order chi connectivity index (χ0) is 17.2. The molecule has 0 saturated carbocycles. The fourth-order valence-corrected chi connectivity index (χ4v) is 3.84. The zero-order valence-electron chi connectivity index (χ0n) is 14.2. The van der Waals surface area contributed by atoms with Gasteiger partial charge >= 0.3 is 0 Å². The van der Waals surface area contributed by atoms with Crippen LogP contribution in [-0.4, -0.2) is 25.4 Å². The van der Waals surface area contributed by atoms with Crippen LogP contribution in [0.4, 0.5) is 0 Å². The molecule has 1 aliphatic carbocycles. The largest absolute Gasteiger partial charge is 0.360 e. The first kappa shape index (κ1) is 14.4. The summed E-state index contributed by atoms with van der Waals surface area (Å²) in [4.78, 5) is 20.2. The molecule has 5 rings (SSSR count). The molecular formula is C20H18N4O. The van der Waals surface area contributed by atoms with Gasteiger partial charge < -0.3 is 4.98 Å². The summed E-state index contributed by atoms with van der Waals surface area (Å²) in [6, 6.07) is 10.2. The van der Waals surface area contributed by atoms with Crippen molar-refractivity contribution in [1.82, 2.24) is 19.6 Å². The topological polar surface area (TPSA) is 63.0 Å². The monoisotopic (exact) mass is 330 g/mol. The maximum Gasteiger partial charge on any atom is 0.166 e. The Balaban J connectivity index is 1.74. The molecule has 0 radical (unpaired) electrons. The number of nitrogens with one attached hydrogen (secondary N) is 1. The number of rotatable bonds is 1. The van der Waals surface area contributed by atoms with E-state index in [9.17, 15) is 4.79 Å². The predicted molar refractivity (Wildman–Crippen MR) is 96.7 cm³/mol. The van der Waals surface area contributed by atoms with E-state index in [2.05, 4.69) is 35.9 Å². The van der Waals surface area contributed by atoms with Crippen molar-refractivity contribution in [3.8, 4) is 11.3 Å². The molecule has 25 heavy (non-hydrogen) atoms. The molecule has 5 heteroatoms. The number of fused-ring (bicyclic) bond motifs is 4. The Morgan fingerprint density at radius 1 is 1.16 bits per heavy atom. The lowest BCUT2D eigenvalue weighted by molar-refractivity contribution is 0.0908. The standard InChI is InChI=1S/C20H18N4O/c1-20(2)8-17-14(18(25)9-20)11-22-19-7-16(23-24(17)19)13-10-21-15-6-4-3-5-12(13)15/h3-7,10-11,21H,8-9H2,1-2H3. The minimum Gasteiger partial charge on any atom is -0.360 e. The quantitative estimate of drug-likeness (QED) is 0.573. The van der Waals surface area contributed by atoms with Crippen LogP contribution in [0.25, 0.3) is 27.8 Å². The first-order valence-corrected chi connectivity index (χ1v) is 8.49. The minimum absolute atomic E-state index is 0.0503. The fraction of sp³-hybridized carbons (Fsp3) is 0.250. The van der Waals surface area contributed by atoms with Gasteiger partial charge in [-0.1, -0.05) is 32.0 Å². The van der Waals surface area contributed by atoms with Crippen LogP contribution < -0.4 is 0 Å². The lowest BCUT2D eigenvalue weighted by Gasteiger charge is -2.29. The maximum atomic E-state index is 12.5. The molecule has 1 aromatic carbocycles. The number of hydrogen-bond acceptors (Lipinski definition) is 3. The van der Waals surface area contributed by atoms with Crippen LogP contribution in [0.2, 0.25) is 0 Å². The van der Waals surface area contributed by atoms with Crippen LogP contribution >= 0.6 is 0 Å². The molecule has 0 amide bonds. The Hall–Kier alpha value is -2.95. The van der Waals surface area contributed by atoms with Gasteiger partial charge in [-0.3, -0.25) is 4.79 Å². The number of ketones is 1. The van der Waals surface area contributed by atoms with Crippen LogP contribution in [-0.2, 0) is 6.42 Å². The molecule has 0 unspecified atom stereocenters. The van der Waals surface area contributed by atoms with Gasteiger partial charge in [0.25, 0.3) is 0 Å². The SMILES string of the molecule is CC1(C)CC(=O)c2cnc3cc(-c4c[nH]c5ccccc45)nn3c2C1. The number of aromatic amines is 1. The highest BCUT2D eigenvalue weighted by molar-refractivity contribution is 5.99. The number of benzene rings is 1. The highest BCUT2D eigenvalue weighted by Crippen LogP contribution is 2.35. The van der Waals surface area contributed by atoms with Crippen LogP contribution in [0.1, 0.15) is 36.3 Å². The molecular weight excluding hydrogens is 312 g/mol. The van der Waals surface area contributed by atoms with Gasteiger partial charge in [0.05, 0.1) is 17.0 Å². The van der Waals surface area contributed by atoms with E-state index in [0.717, 1.165) is 39.9 Å². The molecule has 0 fully saturated rings. The molecule has 1 N–H and O–H groups in total. The molecule has 0 atom stereocenters. The van der Waals surface area contributed by atoms with E-state index in [1.807, 2.05) is 28.9 Å². The molecule has 3 aromatic heterocycles. The number of H-pyrrole nitrogens is 1. The first-order chi connectivity index (χ1) is 12.0. The summed E-state index contributed by atoms with van der Waals surface area (Å²) in [6.45, 7) is 4.26. The third kappa shape index (κ3) is 2.12. The van der Waals surface area contributed by atoms with Gasteiger partial charge in [0.1, 0.15) is 0 Å². The van der Waals surface area contributed by atoms with E-state index >= 15 is 0 Å². The zero-order valence-corrected chi connectivity index (χ0v) is 14.2. The first-order valence-electron chi connectivity index (χ1n) is 8.49. The van der Waals surface area contributed by atoms with Gasteiger partial charge in [-0.15, -0.1) is 0 Å². The highest BCUT2D eigenvalue weighted by atomic mass is 16.1. The Morgan fingerprint density at radius 2 is 2.00 bits per heavy atom. The number of carbonyl (C=O) groups excluding carboxylic acids is 1. The van der Waals surface area contributed by atoms with Crippen molar-refractivity contribution in [2.45, 2.75) is 26.7 Å². The van der Waals surface area contributed by atoms with Crippen LogP contribution in [0.3, 0.4) is 0 Å². The summed E-state index contributed by atoms with van der Waals surface area (Å²) in [6.07, 6.45) is 5.07. The van der Waals surface area contributed by atoms with Gasteiger partial charge in [-0.05, 0) is 17.9 Å². The van der Waals surface area contributed by atoms with Crippen molar-refractivity contribution in [1.29, 1.82) is 0 Å². The van der Waals surface area contributed by atoms with E-state index in [1.165, 1.54) is 0 Å². The molecule has 3 heterocycles. The summed E-state index contributed by atoms with van der Waals surface area (Å²) >= 11 is 0. The van der Waals surface area contributed by atoms with Gasteiger partial charge in [0, 0.05) is 41.3 Å². The van der Waals surface area contributed by atoms with E-state index in [1.54, 1.807) is 6.20 Å². The van der Waals surface area contributed by atoms with Crippen molar-refractivity contribution in [3.05, 3.63) is 54.0 Å². The van der Waals surface area contributed by atoms with E-state index in [-0.39, 0.29) is 11.2 Å². The van der Waals surface area contributed by atoms with Crippen molar-refractivity contribution in [3.63, 3.8) is 0 Å². The van der Waals surface area contributed by atoms with Crippen LogP contribution in [0.15, 0.2) is 42.7 Å². The lowest BCUT2D eigenvalue weighted by atomic mass is 9.76. The summed E-state index contributed by atoms with van der Waals surface area (Å²) in [5.41, 5.74) is 5.42. The number of para-hydroxylation sites is 1. The van der Waals surface area contributed by atoms with Crippen molar-refractivity contribution >= 4 is 22.3 Å². The maximum absolute atomic E-state index is 12.5. The van der Waals surface area contributed by atoms with Crippen molar-refractivity contribution < 1.29 is 4.79 Å². The molecule has 0 aliphatic heterocycles. The number of nitrogens with zero attached hydrogens (tertiary/aromatic N) is 3. The number of aromatic nitrogens is 4. The Morgan fingerprint density at radius 3 is 2.88 bits per heavy atom. The second-order valence-corrected chi connectivity index (χ2v) is 7.61. The van der Waals surface area contributed by atoms with Gasteiger partial charge in [0.2, 0.25) is 0 Å². The van der Waals surface area contributed by atoms with Gasteiger partial charge in [-0.2, -0.15) is 5.10 Å². The van der Waals surface area contributed by atoms with Crippen molar-refractivity contribution in [2.75, 3.05) is 0 Å². The smallest absolute Gasteiger partial charge is 0.166 e. The average molecular weight is 330 g/mol. The fourth-order valence-electron chi connectivity index (χ4n) is 3.84. The highest BCUT2D eigenvalue weighted by Gasteiger charge is 2.33. The van der Waals surface area contributed by atoms with Gasteiger partial charge in [-0.25, -0.2) is 9.50 Å². The normalized spacial score (nSPS) is 16.5. The predicted octanol–water partition coefficient (Wildman–Crippen LogP) is 4.03. The Bertz CT molecular complexity index is 1150. The number of carbonyl (C=O) groups is 1. The molecule has 0 saturated heterocycles. The minimum atomic E-state index is -0.0503. The molecule has 5 nitrogen and oxygen atoms in total. The third-order valence-corrected chi connectivity index (χ3v) is 5.03. The Kier molecular flexibility index (Phi) is 2.76. The van der Waals surface area contributed by atoms with Crippen LogP contribution in [0, 0.1) is 5.41 Å². The summed E-state index contributed by atoms with van der Waals surface area (Å²) < 4.78 is 1.85. The molecule has 0 bridgehead atoms. The second kappa shape index (κ2) is 4.79. The molecule has 0 spiro atoms. The third-order valence-electron chi connectivity index (χ3n) is 5.03. The lowest BCUT2D eigenvalue weighted by Crippen LogP contribution is -2.29. The summed E-state index contributed by atoms with van der Waals surface area (Å²) in [7, 11) is 0. The molecule has 124 valence electrons.